The highest BCUT2D eigenvalue weighted by atomic mass is 79.9. The van der Waals surface area contributed by atoms with Crippen molar-refractivity contribution in [2.45, 2.75) is 38.5 Å². The van der Waals surface area contributed by atoms with E-state index >= 15 is 0 Å². The number of rotatable bonds is 8. The van der Waals surface area contributed by atoms with Gasteiger partial charge in [0.05, 0.1) is 45.1 Å². The molecule has 202 valence electrons. The highest BCUT2D eigenvalue weighted by molar-refractivity contribution is 9.10. The SMILES string of the molecule is CCOc1cc([C@@H]2C(C(=O)OC)=C(C)NC3=C2C(=O)C[C@@H](c2ccc(OC)c(OC)c2)C3)cc(Br)c1OC. The monoisotopic (exact) mass is 585 g/mol. The number of carbonyl (C=O) groups excluding carboxylic acids is 2. The quantitative estimate of drug-likeness (QED) is 0.411. The van der Waals surface area contributed by atoms with Gasteiger partial charge in [0.1, 0.15) is 0 Å². The van der Waals surface area contributed by atoms with Crippen molar-refractivity contribution in [3.05, 3.63) is 68.5 Å². The van der Waals surface area contributed by atoms with Gasteiger partial charge in [-0.2, -0.15) is 0 Å². The number of ether oxygens (including phenoxy) is 5. The second-order valence-corrected chi connectivity index (χ2v) is 9.94. The summed E-state index contributed by atoms with van der Waals surface area (Å²) in [6, 6.07) is 9.43. The van der Waals surface area contributed by atoms with Gasteiger partial charge in [-0.3, -0.25) is 4.79 Å². The average Bonchev–Trinajstić information content (AvgIpc) is 2.91. The van der Waals surface area contributed by atoms with Gasteiger partial charge in [-0.05, 0) is 77.5 Å². The molecule has 2 aliphatic rings. The molecule has 0 unspecified atom stereocenters. The standard InChI is InChI=1S/C29H32BrNO7/c1-7-38-24-14-18(10-19(30)28(24)36-5)26-25(29(33)37-6)15(2)31-20-11-17(12-21(32)27(20)26)16-8-9-22(34-3)23(13-16)35-4/h8-10,13-14,17,26,31H,7,11-12H2,1-6H3/t17-,26+/m0/s1. The van der Waals surface area contributed by atoms with Crippen molar-refractivity contribution in [3.8, 4) is 23.0 Å². The first-order valence-corrected chi connectivity index (χ1v) is 13.1. The van der Waals surface area contributed by atoms with E-state index in [1.54, 1.807) is 21.3 Å². The lowest BCUT2D eigenvalue weighted by Crippen LogP contribution is -2.36. The van der Waals surface area contributed by atoms with Crippen molar-refractivity contribution < 1.29 is 33.3 Å². The zero-order valence-corrected chi connectivity index (χ0v) is 24.0. The number of halogens is 1. The molecule has 0 saturated carbocycles. The van der Waals surface area contributed by atoms with Gasteiger partial charge in [-0.25, -0.2) is 4.79 Å². The van der Waals surface area contributed by atoms with Crippen LogP contribution < -0.4 is 24.3 Å². The molecular formula is C29H32BrNO7. The van der Waals surface area contributed by atoms with Crippen molar-refractivity contribution in [2.24, 2.45) is 0 Å². The molecular weight excluding hydrogens is 554 g/mol. The zero-order chi connectivity index (χ0) is 27.6. The van der Waals surface area contributed by atoms with Crippen LogP contribution in [0.2, 0.25) is 0 Å². The largest absolute Gasteiger partial charge is 0.493 e. The van der Waals surface area contributed by atoms with Crippen LogP contribution in [0.25, 0.3) is 0 Å². The Kier molecular flexibility index (Phi) is 8.35. The van der Waals surface area contributed by atoms with Crippen molar-refractivity contribution in [2.75, 3.05) is 35.0 Å². The fourth-order valence-electron chi connectivity index (χ4n) is 5.31. The number of benzene rings is 2. The Morgan fingerprint density at radius 2 is 1.68 bits per heavy atom. The van der Waals surface area contributed by atoms with E-state index in [1.807, 2.05) is 44.2 Å². The molecule has 38 heavy (non-hydrogen) atoms. The van der Waals surface area contributed by atoms with E-state index in [0.29, 0.717) is 57.3 Å². The predicted molar refractivity (Wildman–Crippen MR) is 146 cm³/mol. The summed E-state index contributed by atoms with van der Waals surface area (Å²) in [5.41, 5.74) is 4.10. The summed E-state index contributed by atoms with van der Waals surface area (Å²) in [4.78, 5) is 26.9. The van der Waals surface area contributed by atoms with E-state index in [4.69, 9.17) is 23.7 Å². The molecule has 0 saturated heterocycles. The second kappa shape index (κ2) is 11.5. The van der Waals surface area contributed by atoms with Gasteiger partial charge in [0, 0.05) is 29.3 Å². The first kappa shape index (κ1) is 27.6. The lowest BCUT2D eigenvalue weighted by Gasteiger charge is -2.37. The Balaban J connectivity index is 1.84. The topological polar surface area (TPSA) is 92.3 Å². The van der Waals surface area contributed by atoms with Gasteiger partial charge in [0.2, 0.25) is 0 Å². The number of esters is 1. The number of hydrogen-bond donors (Lipinski definition) is 1. The molecule has 1 N–H and O–H groups in total. The number of methoxy groups -OCH3 is 4. The van der Waals surface area contributed by atoms with Crippen molar-refractivity contribution in [3.63, 3.8) is 0 Å². The Labute approximate surface area is 231 Å². The predicted octanol–water partition coefficient (Wildman–Crippen LogP) is 5.41. The minimum atomic E-state index is -0.626. The number of dihydropyridines is 1. The van der Waals surface area contributed by atoms with Gasteiger partial charge >= 0.3 is 5.97 Å². The molecule has 0 spiro atoms. The van der Waals surface area contributed by atoms with Crippen molar-refractivity contribution in [1.82, 2.24) is 5.32 Å². The van der Waals surface area contributed by atoms with Crippen LogP contribution in [0.1, 0.15) is 49.7 Å². The molecule has 2 aromatic carbocycles. The van der Waals surface area contributed by atoms with E-state index in [1.165, 1.54) is 7.11 Å². The van der Waals surface area contributed by atoms with Crippen LogP contribution >= 0.6 is 15.9 Å². The molecule has 0 fully saturated rings. The normalized spacial score (nSPS) is 19.0. The van der Waals surface area contributed by atoms with E-state index in [-0.39, 0.29) is 18.1 Å². The van der Waals surface area contributed by atoms with Gasteiger partial charge in [0.25, 0.3) is 0 Å². The minimum absolute atomic E-state index is 0.0395. The maximum absolute atomic E-state index is 13.9. The minimum Gasteiger partial charge on any atom is -0.493 e. The summed E-state index contributed by atoms with van der Waals surface area (Å²) in [6.07, 6.45) is 0.879. The number of nitrogens with one attached hydrogen (secondary N) is 1. The first-order valence-electron chi connectivity index (χ1n) is 12.3. The van der Waals surface area contributed by atoms with Gasteiger partial charge in [-0.15, -0.1) is 0 Å². The Bertz CT molecular complexity index is 1330. The lowest BCUT2D eigenvalue weighted by molar-refractivity contribution is -0.136. The zero-order valence-electron chi connectivity index (χ0n) is 22.4. The summed E-state index contributed by atoms with van der Waals surface area (Å²) in [7, 11) is 6.09. The molecule has 1 aliphatic heterocycles. The molecule has 4 rings (SSSR count). The van der Waals surface area contributed by atoms with Crippen LogP contribution in [0.3, 0.4) is 0 Å². The Morgan fingerprint density at radius 3 is 2.32 bits per heavy atom. The third-order valence-corrected chi connectivity index (χ3v) is 7.57. The van der Waals surface area contributed by atoms with Crippen LogP contribution in [0, 0.1) is 0 Å². The molecule has 9 heteroatoms. The third-order valence-electron chi connectivity index (χ3n) is 6.98. The van der Waals surface area contributed by atoms with Gasteiger partial charge < -0.3 is 29.0 Å². The molecule has 0 radical (unpaired) electrons. The molecule has 1 heterocycles. The number of ketones is 1. The number of Topliss-reactive ketones (excluding diaryl/α,β-unsaturated/α-hetero) is 1. The fraction of sp³-hybridized carbons (Fsp3) is 0.379. The van der Waals surface area contributed by atoms with E-state index < -0.39 is 11.9 Å². The maximum Gasteiger partial charge on any atom is 0.336 e. The summed E-state index contributed by atoms with van der Waals surface area (Å²) in [5, 5.41) is 3.36. The van der Waals surface area contributed by atoms with Crippen LogP contribution in [-0.4, -0.2) is 46.8 Å². The first-order chi connectivity index (χ1) is 18.3. The fourth-order valence-corrected chi connectivity index (χ4v) is 5.93. The van der Waals surface area contributed by atoms with E-state index in [9.17, 15) is 9.59 Å². The maximum atomic E-state index is 13.9. The second-order valence-electron chi connectivity index (χ2n) is 9.09. The molecule has 2 atom stereocenters. The van der Waals surface area contributed by atoms with Crippen LogP contribution in [-0.2, 0) is 14.3 Å². The summed E-state index contributed by atoms with van der Waals surface area (Å²) >= 11 is 3.58. The average molecular weight is 586 g/mol. The van der Waals surface area contributed by atoms with Gasteiger partial charge in [-0.1, -0.05) is 6.07 Å². The highest BCUT2D eigenvalue weighted by Gasteiger charge is 2.42. The lowest BCUT2D eigenvalue weighted by atomic mass is 9.71. The van der Waals surface area contributed by atoms with E-state index in [0.717, 1.165) is 16.8 Å². The van der Waals surface area contributed by atoms with Crippen LogP contribution in [0.15, 0.2) is 57.3 Å². The molecule has 2 aromatic rings. The number of carbonyl (C=O) groups is 2. The third kappa shape index (κ3) is 4.99. The Morgan fingerprint density at radius 1 is 0.974 bits per heavy atom. The number of allylic oxidation sites excluding steroid dienone is 3. The van der Waals surface area contributed by atoms with Crippen LogP contribution in [0.4, 0.5) is 0 Å². The van der Waals surface area contributed by atoms with E-state index in [2.05, 4.69) is 21.2 Å². The molecule has 8 nitrogen and oxygen atoms in total. The summed E-state index contributed by atoms with van der Waals surface area (Å²) in [5.74, 6) is 1.08. The van der Waals surface area contributed by atoms with Crippen molar-refractivity contribution in [1.29, 1.82) is 0 Å². The molecule has 1 aliphatic carbocycles. The number of hydrogen-bond acceptors (Lipinski definition) is 8. The highest BCUT2D eigenvalue weighted by Crippen LogP contribution is 2.49. The smallest absolute Gasteiger partial charge is 0.336 e. The summed E-state index contributed by atoms with van der Waals surface area (Å²) in [6.45, 7) is 4.14. The molecule has 0 bridgehead atoms. The summed E-state index contributed by atoms with van der Waals surface area (Å²) < 4.78 is 28.0. The Hall–Kier alpha value is -3.46. The van der Waals surface area contributed by atoms with Crippen molar-refractivity contribution >= 4 is 27.7 Å². The molecule has 0 amide bonds. The van der Waals surface area contributed by atoms with Crippen LogP contribution in [0.5, 0.6) is 23.0 Å². The molecule has 0 aromatic heterocycles. The van der Waals surface area contributed by atoms with Gasteiger partial charge in [0.15, 0.2) is 28.8 Å².